The monoisotopic (exact) mass is 490 g/mol. The summed E-state index contributed by atoms with van der Waals surface area (Å²) in [5.41, 5.74) is -0.836. The highest BCUT2D eigenvalue weighted by molar-refractivity contribution is 9.11. The molecule has 0 fully saturated rings. The average molecular weight is 493 g/mol. The molecule has 0 heterocycles. The third kappa shape index (κ3) is 5.88. The summed E-state index contributed by atoms with van der Waals surface area (Å²) < 4.78 is 37.8. The number of hydrogen-bond donors (Lipinski definition) is 2. The molecule has 0 saturated heterocycles. The largest absolute Gasteiger partial charge is 0.508 e. The lowest BCUT2D eigenvalue weighted by Gasteiger charge is -2.05. The van der Waals surface area contributed by atoms with Gasteiger partial charge in [-0.15, -0.1) is 0 Å². The summed E-state index contributed by atoms with van der Waals surface area (Å²) in [7, 11) is 0. The zero-order valence-electron chi connectivity index (χ0n) is 10.1. The maximum Gasteiger partial charge on any atom is 0.416 e. The molecule has 0 aromatic heterocycles. The molecule has 0 saturated carbocycles. The molecule has 2 N–H and O–H groups in total. The number of phenols is 2. The minimum Gasteiger partial charge on any atom is -0.508 e. The molecule has 114 valence electrons. The van der Waals surface area contributed by atoms with Crippen molar-refractivity contribution in [2.75, 3.05) is 0 Å². The van der Waals surface area contributed by atoms with E-state index in [1.165, 1.54) is 6.07 Å². The molecule has 8 heteroatoms. The molecule has 0 bridgehead atoms. The van der Waals surface area contributed by atoms with Gasteiger partial charge in [0.25, 0.3) is 0 Å². The number of phenolic OH excluding ortho intramolecular Hbond substituents is 2. The molecule has 0 unspecified atom stereocenters. The smallest absolute Gasteiger partial charge is 0.416 e. The van der Waals surface area contributed by atoms with Crippen LogP contribution in [-0.2, 0) is 6.18 Å². The van der Waals surface area contributed by atoms with Crippen molar-refractivity contribution in [3.05, 3.63) is 55.4 Å². The van der Waals surface area contributed by atoms with E-state index in [2.05, 4.69) is 47.8 Å². The fourth-order valence-electron chi connectivity index (χ4n) is 1.22. The van der Waals surface area contributed by atoms with Crippen LogP contribution in [0.3, 0.4) is 0 Å². The summed E-state index contributed by atoms with van der Waals surface area (Å²) in [5, 5.41) is 17.9. The lowest BCUT2D eigenvalue weighted by molar-refractivity contribution is -0.137. The normalized spacial score (nSPS) is 10.8. The van der Waals surface area contributed by atoms with E-state index in [1.807, 2.05) is 0 Å². The van der Waals surface area contributed by atoms with E-state index in [9.17, 15) is 18.3 Å². The third-order valence-electron chi connectivity index (χ3n) is 2.16. The molecule has 2 nitrogen and oxygen atoms in total. The van der Waals surface area contributed by atoms with Gasteiger partial charge in [-0.05, 0) is 62.2 Å². The second kappa shape index (κ2) is 7.51. The van der Waals surface area contributed by atoms with E-state index in [0.717, 1.165) is 16.6 Å². The Morgan fingerprint density at radius 1 is 0.857 bits per heavy atom. The van der Waals surface area contributed by atoms with Gasteiger partial charge in [0, 0.05) is 4.47 Å². The lowest BCUT2D eigenvalue weighted by atomic mass is 10.2. The second-order valence-electron chi connectivity index (χ2n) is 3.77. The van der Waals surface area contributed by atoms with Crippen LogP contribution < -0.4 is 0 Å². The SMILES string of the molecule is Oc1c(Br)cc(Br)cc1Br.Oc1cccc(C(F)(F)F)c1. The molecule has 0 spiro atoms. The summed E-state index contributed by atoms with van der Waals surface area (Å²) >= 11 is 9.65. The van der Waals surface area contributed by atoms with Crippen LogP contribution in [-0.4, -0.2) is 10.2 Å². The van der Waals surface area contributed by atoms with Crippen molar-refractivity contribution in [3.8, 4) is 11.5 Å². The zero-order chi connectivity index (χ0) is 16.2. The van der Waals surface area contributed by atoms with Crippen molar-refractivity contribution in [1.29, 1.82) is 0 Å². The van der Waals surface area contributed by atoms with Gasteiger partial charge in [0.2, 0.25) is 0 Å². The Morgan fingerprint density at radius 3 is 1.76 bits per heavy atom. The van der Waals surface area contributed by atoms with Crippen molar-refractivity contribution in [2.24, 2.45) is 0 Å². The minimum atomic E-state index is -4.38. The van der Waals surface area contributed by atoms with E-state index >= 15 is 0 Å². The fraction of sp³-hybridized carbons (Fsp3) is 0.0769. The predicted octanol–water partition coefficient (Wildman–Crippen LogP) is 6.09. The van der Waals surface area contributed by atoms with Gasteiger partial charge in [-0.3, -0.25) is 0 Å². The molecule has 0 atom stereocenters. The van der Waals surface area contributed by atoms with Crippen LogP contribution in [0.5, 0.6) is 11.5 Å². The molecule has 0 aliphatic carbocycles. The van der Waals surface area contributed by atoms with Crippen LogP contribution in [0.1, 0.15) is 5.56 Å². The Morgan fingerprint density at radius 2 is 1.38 bits per heavy atom. The number of alkyl halides is 3. The summed E-state index contributed by atoms with van der Waals surface area (Å²) in [6.07, 6.45) is -4.38. The predicted molar refractivity (Wildman–Crippen MR) is 84.3 cm³/mol. The van der Waals surface area contributed by atoms with E-state index in [4.69, 9.17) is 5.11 Å². The summed E-state index contributed by atoms with van der Waals surface area (Å²) in [4.78, 5) is 0. The van der Waals surface area contributed by atoms with E-state index in [0.29, 0.717) is 15.0 Å². The lowest BCUT2D eigenvalue weighted by Crippen LogP contribution is -2.03. The number of benzene rings is 2. The number of aromatic hydroxyl groups is 2. The van der Waals surface area contributed by atoms with Crippen molar-refractivity contribution >= 4 is 47.8 Å². The van der Waals surface area contributed by atoms with Gasteiger partial charge in [-0.2, -0.15) is 13.2 Å². The van der Waals surface area contributed by atoms with Gasteiger partial charge in [0.15, 0.2) is 0 Å². The molecular formula is C13H8Br3F3O2. The minimum absolute atomic E-state index is 0.225. The maximum absolute atomic E-state index is 11.9. The molecular weight excluding hydrogens is 485 g/mol. The van der Waals surface area contributed by atoms with Gasteiger partial charge in [0.05, 0.1) is 14.5 Å². The highest BCUT2D eigenvalue weighted by Crippen LogP contribution is 2.34. The van der Waals surface area contributed by atoms with Gasteiger partial charge < -0.3 is 10.2 Å². The molecule has 2 aromatic carbocycles. The molecule has 2 rings (SSSR count). The van der Waals surface area contributed by atoms with Gasteiger partial charge >= 0.3 is 6.18 Å². The molecule has 2 aromatic rings. The topological polar surface area (TPSA) is 40.5 Å². The molecule has 0 aliphatic heterocycles. The quantitative estimate of drug-likeness (QED) is 0.467. The van der Waals surface area contributed by atoms with Gasteiger partial charge in [0.1, 0.15) is 11.5 Å². The first-order chi connectivity index (χ1) is 9.61. The first-order valence-corrected chi connectivity index (χ1v) is 7.69. The van der Waals surface area contributed by atoms with E-state index in [-0.39, 0.29) is 11.5 Å². The standard InChI is InChI=1S/C7H5F3O.C6H3Br3O/c8-7(9,10)5-2-1-3-6(11)4-5;7-3-1-4(8)6(10)5(9)2-3/h1-4,11H;1-2,10H. The Labute approximate surface area is 144 Å². The van der Waals surface area contributed by atoms with E-state index < -0.39 is 11.7 Å². The van der Waals surface area contributed by atoms with Crippen molar-refractivity contribution in [1.82, 2.24) is 0 Å². The number of rotatable bonds is 0. The molecule has 0 amide bonds. The van der Waals surface area contributed by atoms with Crippen LogP contribution >= 0.6 is 47.8 Å². The number of halogens is 6. The first-order valence-electron chi connectivity index (χ1n) is 5.31. The third-order valence-corrected chi connectivity index (χ3v) is 3.82. The van der Waals surface area contributed by atoms with Crippen molar-refractivity contribution in [2.45, 2.75) is 6.18 Å². The fourth-order valence-corrected chi connectivity index (χ4v) is 3.48. The Kier molecular flexibility index (Phi) is 6.55. The molecule has 0 aliphatic rings. The number of hydrogen-bond acceptors (Lipinski definition) is 2. The highest BCUT2D eigenvalue weighted by Gasteiger charge is 2.30. The summed E-state index contributed by atoms with van der Waals surface area (Å²) in [5.74, 6) is -0.150. The summed E-state index contributed by atoms with van der Waals surface area (Å²) in [6.45, 7) is 0. The van der Waals surface area contributed by atoms with E-state index in [1.54, 1.807) is 12.1 Å². The Hall–Kier alpha value is -0.730. The van der Waals surface area contributed by atoms with Crippen LogP contribution in [0.15, 0.2) is 49.8 Å². The maximum atomic E-state index is 11.9. The average Bonchev–Trinajstić information content (AvgIpc) is 2.35. The second-order valence-corrected chi connectivity index (χ2v) is 6.39. The van der Waals surface area contributed by atoms with Crippen LogP contribution in [0.4, 0.5) is 13.2 Å². The Balaban J connectivity index is 0.000000211. The zero-order valence-corrected chi connectivity index (χ0v) is 14.9. The summed E-state index contributed by atoms with van der Waals surface area (Å²) in [6, 6.07) is 7.48. The van der Waals surface area contributed by atoms with Gasteiger partial charge in [-0.25, -0.2) is 0 Å². The Bertz CT molecular complexity index is 607. The first kappa shape index (κ1) is 18.3. The van der Waals surface area contributed by atoms with Crippen LogP contribution in [0, 0.1) is 0 Å². The van der Waals surface area contributed by atoms with Crippen LogP contribution in [0.25, 0.3) is 0 Å². The van der Waals surface area contributed by atoms with Crippen molar-refractivity contribution < 1.29 is 23.4 Å². The molecule has 21 heavy (non-hydrogen) atoms. The van der Waals surface area contributed by atoms with Crippen molar-refractivity contribution in [3.63, 3.8) is 0 Å². The van der Waals surface area contributed by atoms with Crippen LogP contribution in [0.2, 0.25) is 0 Å². The molecule has 0 radical (unpaired) electrons. The van der Waals surface area contributed by atoms with Gasteiger partial charge in [-0.1, -0.05) is 22.0 Å². The highest BCUT2D eigenvalue weighted by atomic mass is 79.9.